The maximum atomic E-state index is 8.99. The number of rotatable bonds is 2. The van der Waals surface area contributed by atoms with Crippen LogP contribution in [0.5, 0.6) is 0 Å². The van der Waals surface area contributed by atoms with Crippen LogP contribution in [0.25, 0.3) is 10.6 Å². The number of hydrogen-bond donors (Lipinski definition) is 1. The van der Waals surface area contributed by atoms with E-state index >= 15 is 0 Å². The number of aryl methyl sites for hydroxylation is 2. The van der Waals surface area contributed by atoms with E-state index in [1.165, 1.54) is 11.1 Å². The highest BCUT2D eigenvalue weighted by Gasteiger charge is 2.07. The Labute approximate surface area is 107 Å². The number of aliphatic hydroxyl groups is 1. The summed E-state index contributed by atoms with van der Waals surface area (Å²) in [5.74, 6) is 0. The Morgan fingerprint density at radius 1 is 1.31 bits per heavy atom. The summed E-state index contributed by atoms with van der Waals surface area (Å²) in [6, 6.07) is 4.22. The largest absolute Gasteiger partial charge is 0.390 e. The van der Waals surface area contributed by atoms with E-state index in [9.17, 15) is 0 Å². The van der Waals surface area contributed by atoms with Crippen molar-refractivity contribution in [2.24, 2.45) is 0 Å². The van der Waals surface area contributed by atoms with Gasteiger partial charge in [0.2, 0.25) is 0 Å². The number of benzene rings is 1. The first-order valence-electron chi connectivity index (χ1n) is 4.94. The van der Waals surface area contributed by atoms with E-state index in [-0.39, 0.29) is 6.61 Å². The molecule has 1 aromatic carbocycles. The lowest BCUT2D eigenvalue weighted by atomic mass is 10.1. The molecule has 0 aliphatic heterocycles. The highest BCUT2D eigenvalue weighted by molar-refractivity contribution is 9.10. The van der Waals surface area contributed by atoms with Crippen LogP contribution < -0.4 is 0 Å². The maximum Gasteiger partial charge on any atom is 0.123 e. The van der Waals surface area contributed by atoms with Crippen molar-refractivity contribution in [1.29, 1.82) is 0 Å². The third kappa shape index (κ3) is 2.19. The summed E-state index contributed by atoms with van der Waals surface area (Å²) in [5, 5.41) is 11.8. The highest BCUT2D eigenvalue weighted by Crippen LogP contribution is 2.30. The molecule has 0 amide bonds. The molecule has 0 aliphatic rings. The van der Waals surface area contributed by atoms with Crippen molar-refractivity contribution in [3.63, 3.8) is 0 Å². The predicted molar refractivity (Wildman–Crippen MR) is 70.6 cm³/mol. The Kier molecular flexibility index (Phi) is 3.42. The van der Waals surface area contributed by atoms with Gasteiger partial charge in [0.1, 0.15) is 5.01 Å². The van der Waals surface area contributed by atoms with Crippen LogP contribution in [0.1, 0.15) is 16.8 Å². The average molecular weight is 298 g/mol. The molecule has 2 nitrogen and oxygen atoms in total. The van der Waals surface area contributed by atoms with Gasteiger partial charge in [-0.15, -0.1) is 11.3 Å². The second kappa shape index (κ2) is 4.65. The SMILES string of the molecule is Cc1cc(-c2nc(CO)cs2)cc(C)c1Br. The van der Waals surface area contributed by atoms with Gasteiger partial charge in [0.25, 0.3) is 0 Å². The number of aromatic nitrogens is 1. The number of thiazole rings is 1. The minimum atomic E-state index is 0.00495. The van der Waals surface area contributed by atoms with Crippen molar-refractivity contribution in [3.05, 3.63) is 38.8 Å². The summed E-state index contributed by atoms with van der Waals surface area (Å²) >= 11 is 5.11. The van der Waals surface area contributed by atoms with Crippen LogP contribution in [-0.2, 0) is 6.61 Å². The van der Waals surface area contributed by atoms with Gasteiger partial charge in [-0.2, -0.15) is 0 Å². The zero-order valence-electron chi connectivity index (χ0n) is 9.12. The van der Waals surface area contributed by atoms with Crippen LogP contribution in [0.4, 0.5) is 0 Å². The number of halogens is 1. The van der Waals surface area contributed by atoms with Crippen LogP contribution in [0, 0.1) is 13.8 Å². The molecule has 2 rings (SSSR count). The Morgan fingerprint density at radius 2 is 1.94 bits per heavy atom. The van der Waals surface area contributed by atoms with E-state index < -0.39 is 0 Å². The summed E-state index contributed by atoms with van der Waals surface area (Å²) in [4.78, 5) is 4.36. The van der Waals surface area contributed by atoms with Crippen LogP contribution in [0.15, 0.2) is 22.0 Å². The lowest BCUT2D eigenvalue weighted by molar-refractivity contribution is 0.278. The average Bonchev–Trinajstić information content (AvgIpc) is 2.73. The normalized spacial score (nSPS) is 10.8. The van der Waals surface area contributed by atoms with Gasteiger partial charge in [0.05, 0.1) is 12.3 Å². The monoisotopic (exact) mass is 297 g/mol. The fourth-order valence-corrected chi connectivity index (χ4v) is 2.61. The molecule has 0 fully saturated rings. The van der Waals surface area contributed by atoms with E-state index in [0.29, 0.717) is 0 Å². The zero-order valence-corrected chi connectivity index (χ0v) is 11.5. The fraction of sp³-hybridized carbons (Fsp3) is 0.250. The molecule has 84 valence electrons. The topological polar surface area (TPSA) is 33.1 Å². The number of nitrogens with zero attached hydrogens (tertiary/aromatic N) is 1. The van der Waals surface area contributed by atoms with E-state index in [0.717, 1.165) is 20.7 Å². The first kappa shape index (κ1) is 11.8. The van der Waals surface area contributed by atoms with Crippen molar-refractivity contribution >= 4 is 27.3 Å². The van der Waals surface area contributed by atoms with Crippen LogP contribution >= 0.6 is 27.3 Å². The van der Waals surface area contributed by atoms with Crippen molar-refractivity contribution in [1.82, 2.24) is 4.98 Å². The molecule has 0 unspecified atom stereocenters. The van der Waals surface area contributed by atoms with Gasteiger partial charge >= 0.3 is 0 Å². The molecule has 2 aromatic rings. The Balaban J connectivity index is 2.48. The first-order chi connectivity index (χ1) is 7.61. The zero-order chi connectivity index (χ0) is 11.7. The first-order valence-corrected chi connectivity index (χ1v) is 6.61. The molecule has 4 heteroatoms. The van der Waals surface area contributed by atoms with Gasteiger partial charge in [-0.3, -0.25) is 0 Å². The fourth-order valence-electron chi connectivity index (χ4n) is 1.58. The molecule has 0 spiro atoms. The number of hydrogen-bond acceptors (Lipinski definition) is 3. The molecule has 0 saturated carbocycles. The van der Waals surface area contributed by atoms with Gasteiger partial charge in [-0.25, -0.2) is 4.98 Å². The Hall–Kier alpha value is -0.710. The third-order valence-electron chi connectivity index (χ3n) is 2.40. The van der Waals surface area contributed by atoms with Crippen LogP contribution in [-0.4, -0.2) is 10.1 Å². The minimum Gasteiger partial charge on any atom is -0.390 e. The van der Waals surface area contributed by atoms with Gasteiger partial charge in [-0.1, -0.05) is 15.9 Å². The summed E-state index contributed by atoms with van der Waals surface area (Å²) in [6.07, 6.45) is 0. The van der Waals surface area contributed by atoms with Gasteiger partial charge in [-0.05, 0) is 37.1 Å². The standard InChI is InChI=1S/C12H12BrNOS/c1-7-3-9(4-8(2)11(7)13)12-14-10(5-15)6-16-12/h3-4,6,15H,5H2,1-2H3. The molecule has 0 saturated heterocycles. The van der Waals surface area contributed by atoms with E-state index in [1.54, 1.807) is 11.3 Å². The lowest BCUT2D eigenvalue weighted by Crippen LogP contribution is -1.86. The smallest absolute Gasteiger partial charge is 0.123 e. The lowest BCUT2D eigenvalue weighted by Gasteiger charge is -2.05. The molecule has 16 heavy (non-hydrogen) atoms. The second-order valence-corrected chi connectivity index (χ2v) is 5.38. The molecule has 0 atom stereocenters. The van der Waals surface area contributed by atoms with Gasteiger partial charge < -0.3 is 5.11 Å². The number of aliphatic hydroxyl groups excluding tert-OH is 1. The summed E-state index contributed by atoms with van der Waals surface area (Å²) < 4.78 is 1.15. The molecule has 1 heterocycles. The minimum absolute atomic E-state index is 0.00495. The third-order valence-corrected chi connectivity index (χ3v) is 4.59. The molecule has 1 N–H and O–H groups in total. The molecular weight excluding hydrogens is 286 g/mol. The highest BCUT2D eigenvalue weighted by atomic mass is 79.9. The maximum absolute atomic E-state index is 8.99. The summed E-state index contributed by atoms with van der Waals surface area (Å²) in [7, 11) is 0. The summed E-state index contributed by atoms with van der Waals surface area (Å²) in [5.41, 5.74) is 4.26. The molecule has 0 radical (unpaired) electrons. The van der Waals surface area contributed by atoms with E-state index in [4.69, 9.17) is 5.11 Å². The predicted octanol–water partition coefficient (Wildman–Crippen LogP) is 3.68. The van der Waals surface area contributed by atoms with Crippen LogP contribution in [0.3, 0.4) is 0 Å². The summed E-state index contributed by atoms with van der Waals surface area (Å²) in [6.45, 7) is 4.15. The van der Waals surface area contributed by atoms with Crippen LogP contribution in [0.2, 0.25) is 0 Å². The molecule has 0 bridgehead atoms. The van der Waals surface area contributed by atoms with Crippen molar-refractivity contribution in [3.8, 4) is 10.6 Å². The van der Waals surface area contributed by atoms with E-state index in [1.807, 2.05) is 5.38 Å². The molecule has 0 aliphatic carbocycles. The van der Waals surface area contributed by atoms with Crippen molar-refractivity contribution in [2.45, 2.75) is 20.5 Å². The quantitative estimate of drug-likeness (QED) is 0.917. The Morgan fingerprint density at radius 3 is 2.44 bits per heavy atom. The molecule has 1 aromatic heterocycles. The molecular formula is C12H12BrNOS. The van der Waals surface area contributed by atoms with E-state index in [2.05, 4.69) is 46.9 Å². The second-order valence-electron chi connectivity index (χ2n) is 3.73. The Bertz CT molecular complexity index is 498. The van der Waals surface area contributed by atoms with Crippen molar-refractivity contribution < 1.29 is 5.11 Å². The van der Waals surface area contributed by atoms with Gasteiger partial charge in [0.15, 0.2) is 0 Å². The van der Waals surface area contributed by atoms with Gasteiger partial charge in [0, 0.05) is 15.4 Å². The van der Waals surface area contributed by atoms with Crippen molar-refractivity contribution in [2.75, 3.05) is 0 Å².